The molecule has 0 unspecified atom stereocenters. The van der Waals surface area contributed by atoms with Gasteiger partial charge in [0.1, 0.15) is 0 Å². The lowest BCUT2D eigenvalue weighted by Gasteiger charge is -2.27. The molecule has 0 bridgehead atoms. The maximum absolute atomic E-state index is 12.4. The Bertz CT molecular complexity index is 1080. The predicted octanol–water partition coefficient (Wildman–Crippen LogP) is 3.68. The minimum Gasteiger partial charge on any atom is -0.362 e. The topological polar surface area (TPSA) is 92.3 Å². The zero-order valence-electron chi connectivity index (χ0n) is 17.2. The van der Waals surface area contributed by atoms with E-state index in [0.29, 0.717) is 12.8 Å². The largest absolute Gasteiger partial charge is 0.362 e. The van der Waals surface area contributed by atoms with Gasteiger partial charge in [0, 0.05) is 23.0 Å². The Hall–Kier alpha value is -2.45. The Morgan fingerprint density at radius 1 is 1.23 bits per heavy atom. The highest BCUT2D eigenvalue weighted by atomic mass is 35.5. The molecule has 164 valence electrons. The summed E-state index contributed by atoms with van der Waals surface area (Å²) >= 11 is 6.39. The first-order valence-corrected chi connectivity index (χ1v) is 12.4. The van der Waals surface area contributed by atoms with Crippen LogP contribution in [0.4, 0.5) is 5.69 Å². The highest BCUT2D eigenvalue weighted by molar-refractivity contribution is 7.95. The fourth-order valence-corrected chi connectivity index (χ4v) is 5.52. The number of benzene rings is 1. The Morgan fingerprint density at radius 3 is 2.61 bits per heavy atom. The normalized spacial score (nSPS) is 20.2. The van der Waals surface area contributed by atoms with Crippen molar-refractivity contribution in [3.63, 3.8) is 0 Å². The minimum absolute atomic E-state index is 0.0440. The molecule has 1 aliphatic heterocycles. The number of hydrogen-bond donors (Lipinski definition) is 1. The first-order valence-electron chi connectivity index (χ1n) is 10.4. The standard InChI is InChI=1S/C22H25ClN4O3S/c1-15(10-12-31(29,30)17-8-9-17)26-22(28)21-24-13-16(14-25-21)27-11-4-7-20(27)18-5-2-3-6-19(18)23/h2-3,5-6,10,12-15,17,20H,4,7-9,11H2,1H3,(H,26,28)/b12-10+/t15-,20+/m1/s1. The van der Waals surface area contributed by atoms with Crippen LogP contribution in [0.25, 0.3) is 0 Å². The van der Waals surface area contributed by atoms with E-state index < -0.39 is 21.8 Å². The Balaban J connectivity index is 1.41. The van der Waals surface area contributed by atoms with Crippen molar-refractivity contribution in [3.05, 3.63) is 64.6 Å². The third-order valence-electron chi connectivity index (χ3n) is 5.59. The van der Waals surface area contributed by atoms with Gasteiger partial charge in [-0.3, -0.25) is 4.79 Å². The lowest BCUT2D eigenvalue weighted by Crippen LogP contribution is -2.32. The molecule has 4 rings (SSSR count). The third kappa shape index (κ3) is 5.07. The monoisotopic (exact) mass is 460 g/mol. The third-order valence-corrected chi connectivity index (χ3v) is 7.88. The summed E-state index contributed by atoms with van der Waals surface area (Å²) in [5.74, 6) is -0.404. The smallest absolute Gasteiger partial charge is 0.289 e. The van der Waals surface area contributed by atoms with Gasteiger partial charge in [-0.25, -0.2) is 18.4 Å². The van der Waals surface area contributed by atoms with E-state index in [1.807, 2.05) is 24.3 Å². The lowest BCUT2D eigenvalue weighted by atomic mass is 10.0. The van der Waals surface area contributed by atoms with Gasteiger partial charge < -0.3 is 10.2 Å². The van der Waals surface area contributed by atoms with E-state index in [0.717, 1.165) is 35.7 Å². The number of nitrogens with zero attached hydrogens (tertiary/aromatic N) is 3. The van der Waals surface area contributed by atoms with Crippen molar-refractivity contribution in [1.29, 1.82) is 0 Å². The highest BCUT2D eigenvalue weighted by Gasteiger charge is 2.33. The van der Waals surface area contributed by atoms with E-state index >= 15 is 0 Å². The maximum atomic E-state index is 12.4. The summed E-state index contributed by atoms with van der Waals surface area (Å²) in [7, 11) is -3.21. The van der Waals surface area contributed by atoms with Gasteiger partial charge in [0.2, 0.25) is 5.82 Å². The van der Waals surface area contributed by atoms with Crippen LogP contribution in [0.2, 0.25) is 5.02 Å². The number of carbonyl (C=O) groups excluding carboxylic acids is 1. The molecule has 7 nitrogen and oxygen atoms in total. The van der Waals surface area contributed by atoms with E-state index in [-0.39, 0.29) is 17.1 Å². The van der Waals surface area contributed by atoms with Gasteiger partial charge in [-0.05, 0) is 44.2 Å². The first-order chi connectivity index (χ1) is 14.8. The van der Waals surface area contributed by atoms with Gasteiger partial charge in [-0.15, -0.1) is 0 Å². The fourth-order valence-electron chi connectivity index (χ4n) is 3.79. The molecule has 2 aromatic rings. The molecule has 1 aromatic heterocycles. The van der Waals surface area contributed by atoms with Crippen LogP contribution < -0.4 is 10.2 Å². The summed E-state index contributed by atoms with van der Waals surface area (Å²) in [6.07, 6.45) is 8.22. The van der Waals surface area contributed by atoms with E-state index in [1.54, 1.807) is 19.3 Å². The average molecular weight is 461 g/mol. The van der Waals surface area contributed by atoms with Crippen molar-refractivity contribution >= 4 is 33.0 Å². The van der Waals surface area contributed by atoms with Gasteiger partial charge >= 0.3 is 0 Å². The second kappa shape index (κ2) is 8.96. The Kier molecular flexibility index (Phi) is 6.29. The van der Waals surface area contributed by atoms with Crippen molar-refractivity contribution in [3.8, 4) is 0 Å². The van der Waals surface area contributed by atoms with Crippen LogP contribution in [-0.2, 0) is 9.84 Å². The molecule has 2 fully saturated rings. The van der Waals surface area contributed by atoms with Gasteiger partial charge in [0.15, 0.2) is 9.84 Å². The summed E-state index contributed by atoms with van der Waals surface area (Å²) in [5.41, 5.74) is 1.91. The molecule has 0 radical (unpaired) electrons. The number of carbonyl (C=O) groups is 1. The second-order valence-corrected chi connectivity index (χ2v) is 10.5. The lowest BCUT2D eigenvalue weighted by molar-refractivity contribution is 0.0936. The van der Waals surface area contributed by atoms with E-state index in [1.165, 1.54) is 11.5 Å². The summed E-state index contributed by atoms with van der Waals surface area (Å²) in [4.78, 5) is 23.1. The van der Waals surface area contributed by atoms with Crippen LogP contribution >= 0.6 is 11.6 Å². The van der Waals surface area contributed by atoms with Gasteiger partial charge in [0.05, 0.1) is 29.4 Å². The molecule has 9 heteroatoms. The van der Waals surface area contributed by atoms with Gasteiger partial charge in [0.25, 0.3) is 5.91 Å². The van der Waals surface area contributed by atoms with Gasteiger partial charge in [-0.2, -0.15) is 0 Å². The molecular formula is C22H25ClN4O3S. The summed E-state index contributed by atoms with van der Waals surface area (Å²) in [6.45, 7) is 2.58. The highest BCUT2D eigenvalue weighted by Crippen LogP contribution is 2.38. The van der Waals surface area contributed by atoms with Gasteiger partial charge in [-0.1, -0.05) is 35.9 Å². The number of halogens is 1. The van der Waals surface area contributed by atoms with Crippen molar-refractivity contribution in [2.45, 2.75) is 49.9 Å². The van der Waals surface area contributed by atoms with Crippen molar-refractivity contribution < 1.29 is 13.2 Å². The molecule has 2 heterocycles. The molecule has 31 heavy (non-hydrogen) atoms. The average Bonchev–Trinajstić information content (AvgIpc) is 3.52. The number of rotatable bonds is 7. The van der Waals surface area contributed by atoms with E-state index in [4.69, 9.17) is 11.6 Å². The van der Waals surface area contributed by atoms with E-state index in [9.17, 15) is 13.2 Å². The number of amides is 1. The van der Waals surface area contributed by atoms with Crippen molar-refractivity contribution in [2.24, 2.45) is 0 Å². The molecular weight excluding hydrogens is 436 g/mol. The molecule has 1 saturated carbocycles. The zero-order valence-corrected chi connectivity index (χ0v) is 18.8. The van der Waals surface area contributed by atoms with Crippen LogP contribution in [0.15, 0.2) is 48.1 Å². The summed E-state index contributed by atoms with van der Waals surface area (Å²) in [5, 5.41) is 4.39. The molecule has 1 N–H and O–H groups in total. The second-order valence-electron chi connectivity index (χ2n) is 8.02. The molecule has 1 aliphatic carbocycles. The molecule has 1 saturated heterocycles. The molecule has 2 atom stereocenters. The Morgan fingerprint density at radius 2 is 1.94 bits per heavy atom. The SMILES string of the molecule is C[C@H](/C=C/S(=O)(=O)C1CC1)NC(=O)c1ncc(N2CCC[C@H]2c2ccccc2Cl)cn1. The van der Waals surface area contributed by atoms with Crippen molar-refractivity contribution in [2.75, 3.05) is 11.4 Å². The Labute approximate surface area is 187 Å². The number of anilines is 1. The molecule has 2 aliphatic rings. The summed E-state index contributed by atoms with van der Waals surface area (Å²) < 4.78 is 23.9. The fraction of sp³-hybridized carbons (Fsp3) is 0.409. The number of aromatic nitrogens is 2. The summed E-state index contributed by atoms with van der Waals surface area (Å²) in [6, 6.07) is 7.52. The zero-order chi connectivity index (χ0) is 22.0. The van der Waals surface area contributed by atoms with Crippen molar-refractivity contribution in [1.82, 2.24) is 15.3 Å². The number of nitrogens with one attached hydrogen (secondary N) is 1. The van der Waals surface area contributed by atoms with Crippen LogP contribution in [0.5, 0.6) is 0 Å². The molecule has 0 spiro atoms. The maximum Gasteiger partial charge on any atom is 0.289 e. The number of sulfone groups is 1. The van der Waals surface area contributed by atoms with Crippen LogP contribution in [0, 0.1) is 0 Å². The van der Waals surface area contributed by atoms with Crippen LogP contribution in [0.3, 0.4) is 0 Å². The molecule has 1 aromatic carbocycles. The quantitative estimate of drug-likeness (QED) is 0.677. The minimum atomic E-state index is -3.21. The predicted molar refractivity (Wildman–Crippen MR) is 121 cm³/mol. The van der Waals surface area contributed by atoms with E-state index in [2.05, 4.69) is 20.2 Å². The van der Waals surface area contributed by atoms with Crippen LogP contribution in [-0.4, -0.2) is 42.1 Å². The first kappa shape index (κ1) is 21.8. The number of hydrogen-bond acceptors (Lipinski definition) is 6. The molecule has 1 amide bonds. The van der Waals surface area contributed by atoms with Crippen LogP contribution in [0.1, 0.15) is 54.8 Å².